The number of likely N-dealkylation sites (N-methyl/N-ethyl adjacent to an activating group) is 1. The Kier molecular flexibility index (Phi) is 8.35. The number of anilines is 1. The maximum atomic E-state index is 13.4. The summed E-state index contributed by atoms with van der Waals surface area (Å²) >= 11 is 1.20. The van der Waals surface area contributed by atoms with Gasteiger partial charge in [0.25, 0.3) is 5.91 Å². The van der Waals surface area contributed by atoms with Gasteiger partial charge in [-0.15, -0.1) is 11.3 Å². The van der Waals surface area contributed by atoms with E-state index in [1.807, 2.05) is 14.0 Å². The van der Waals surface area contributed by atoms with Crippen molar-refractivity contribution in [3.8, 4) is 16.5 Å². The van der Waals surface area contributed by atoms with Crippen LogP contribution >= 0.6 is 11.3 Å². The molecule has 0 unspecified atom stereocenters. The molecule has 2 aliphatic rings. The fraction of sp³-hybridized carbons (Fsp3) is 0.480. The molecule has 39 heavy (non-hydrogen) atoms. The molecule has 1 aliphatic carbocycles. The summed E-state index contributed by atoms with van der Waals surface area (Å²) < 4.78 is 38.8. The van der Waals surface area contributed by atoms with Crippen molar-refractivity contribution >= 4 is 33.0 Å². The number of carbonyl (C=O) groups is 1. The molecule has 1 aliphatic heterocycles. The fourth-order valence-electron chi connectivity index (χ4n) is 4.24. The third-order valence-corrected chi connectivity index (χ3v) is 9.44. The molecule has 0 aromatic carbocycles. The SMILES string of the molecule is CCOc1cncc(-c2cnc(C(=O)N[C@@H](C[C@H]3COCCN3C)c3cc(NS(=O)(=O)C4CC4)ccn3)s2)n1. The van der Waals surface area contributed by atoms with Crippen LogP contribution in [0.15, 0.2) is 36.9 Å². The van der Waals surface area contributed by atoms with E-state index in [1.165, 1.54) is 17.5 Å². The number of nitrogens with one attached hydrogen (secondary N) is 2. The highest BCUT2D eigenvalue weighted by Gasteiger charge is 2.36. The number of aromatic nitrogens is 4. The Hall–Kier alpha value is -3.20. The number of hydrogen-bond acceptors (Lipinski definition) is 11. The molecule has 3 aromatic rings. The van der Waals surface area contributed by atoms with Crippen LogP contribution in [0.25, 0.3) is 10.6 Å². The Morgan fingerprint density at radius 3 is 2.90 bits per heavy atom. The summed E-state index contributed by atoms with van der Waals surface area (Å²) in [5.41, 5.74) is 1.53. The number of carbonyl (C=O) groups excluding carboxylic acids is 1. The summed E-state index contributed by atoms with van der Waals surface area (Å²) in [5.74, 6) is 0.0341. The van der Waals surface area contributed by atoms with Crippen LogP contribution in [-0.4, -0.2) is 83.9 Å². The van der Waals surface area contributed by atoms with Gasteiger partial charge in [-0.3, -0.25) is 24.4 Å². The van der Waals surface area contributed by atoms with Crippen molar-refractivity contribution in [2.75, 3.05) is 38.1 Å². The Balaban J connectivity index is 1.36. The first kappa shape index (κ1) is 27.4. The second-order valence-corrected chi connectivity index (χ2v) is 12.5. The van der Waals surface area contributed by atoms with Crippen LogP contribution < -0.4 is 14.8 Å². The van der Waals surface area contributed by atoms with E-state index in [-0.39, 0.29) is 22.2 Å². The smallest absolute Gasteiger partial charge is 0.280 e. The van der Waals surface area contributed by atoms with Crippen LogP contribution in [0, 0.1) is 0 Å². The minimum atomic E-state index is -3.44. The normalized spacial score (nSPS) is 18.9. The number of sulfonamides is 1. The summed E-state index contributed by atoms with van der Waals surface area (Å²) in [4.78, 5) is 33.6. The van der Waals surface area contributed by atoms with Gasteiger partial charge in [0.2, 0.25) is 15.9 Å². The summed E-state index contributed by atoms with van der Waals surface area (Å²) in [5, 5.41) is 2.98. The van der Waals surface area contributed by atoms with Gasteiger partial charge < -0.3 is 14.8 Å². The molecule has 12 nitrogen and oxygen atoms in total. The highest BCUT2D eigenvalue weighted by Crippen LogP contribution is 2.31. The van der Waals surface area contributed by atoms with E-state index in [9.17, 15) is 13.2 Å². The van der Waals surface area contributed by atoms with Gasteiger partial charge in [-0.05, 0) is 45.4 Å². The molecule has 0 spiro atoms. The second kappa shape index (κ2) is 11.9. The number of thiazole rings is 1. The first-order valence-electron chi connectivity index (χ1n) is 12.8. The minimum Gasteiger partial charge on any atom is -0.477 e. The number of rotatable bonds is 11. The Labute approximate surface area is 231 Å². The van der Waals surface area contributed by atoms with E-state index in [0.717, 1.165) is 6.54 Å². The molecule has 208 valence electrons. The zero-order chi connectivity index (χ0) is 27.4. The van der Waals surface area contributed by atoms with Gasteiger partial charge in [0.05, 0.1) is 59.8 Å². The van der Waals surface area contributed by atoms with Gasteiger partial charge in [-0.1, -0.05) is 0 Å². The molecule has 0 bridgehead atoms. The van der Waals surface area contributed by atoms with E-state index in [4.69, 9.17) is 9.47 Å². The zero-order valence-corrected chi connectivity index (χ0v) is 23.4. The molecular formula is C25H31N7O5S2. The van der Waals surface area contributed by atoms with Gasteiger partial charge in [0.1, 0.15) is 5.69 Å². The van der Waals surface area contributed by atoms with E-state index in [2.05, 4.69) is 34.9 Å². The molecule has 0 radical (unpaired) electrons. The average molecular weight is 574 g/mol. The molecule has 1 saturated heterocycles. The second-order valence-electron chi connectivity index (χ2n) is 9.49. The number of morpholine rings is 1. The molecular weight excluding hydrogens is 542 g/mol. The van der Waals surface area contributed by atoms with Crippen molar-refractivity contribution in [2.45, 2.75) is 43.5 Å². The maximum Gasteiger partial charge on any atom is 0.280 e. The molecule has 1 amide bonds. The first-order chi connectivity index (χ1) is 18.8. The van der Waals surface area contributed by atoms with Gasteiger partial charge in [-0.25, -0.2) is 18.4 Å². The Morgan fingerprint density at radius 1 is 1.28 bits per heavy atom. The molecule has 2 N–H and O–H groups in total. The number of hydrogen-bond donors (Lipinski definition) is 2. The van der Waals surface area contributed by atoms with Crippen LogP contribution in [-0.2, 0) is 14.8 Å². The summed E-state index contributed by atoms with van der Waals surface area (Å²) in [6, 6.07) is 2.82. The van der Waals surface area contributed by atoms with Crippen LogP contribution in [0.4, 0.5) is 5.69 Å². The van der Waals surface area contributed by atoms with E-state index < -0.39 is 16.1 Å². The van der Waals surface area contributed by atoms with Crippen LogP contribution in [0.5, 0.6) is 5.88 Å². The summed E-state index contributed by atoms with van der Waals surface area (Å²) in [7, 11) is -1.42. The van der Waals surface area contributed by atoms with Crippen molar-refractivity contribution in [3.05, 3.63) is 47.6 Å². The average Bonchev–Trinajstić information content (AvgIpc) is 3.68. The van der Waals surface area contributed by atoms with Crippen molar-refractivity contribution < 1.29 is 22.7 Å². The molecule has 5 rings (SSSR count). The molecule has 2 atom stereocenters. The zero-order valence-electron chi connectivity index (χ0n) is 21.7. The van der Waals surface area contributed by atoms with Crippen molar-refractivity contribution in [1.82, 2.24) is 30.2 Å². The van der Waals surface area contributed by atoms with E-state index >= 15 is 0 Å². The van der Waals surface area contributed by atoms with Gasteiger partial charge in [-0.2, -0.15) is 0 Å². The lowest BCUT2D eigenvalue weighted by Crippen LogP contribution is -2.45. The van der Waals surface area contributed by atoms with Crippen molar-refractivity contribution in [3.63, 3.8) is 0 Å². The summed E-state index contributed by atoms with van der Waals surface area (Å²) in [6.45, 7) is 4.28. The predicted octanol–water partition coefficient (Wildman–Crippen LogP) is 2.49. The quantitative estimate of drug-likeness (QED) is 0.350. The Bertz CT molecular complexity index is 1410. The Morgan fingerprint density at radius 2 is 2.13 bits per heavy atom. The molecule has 1 saturated carbocycles. The largest absolute Gasteiger partial charge is 0.477 e. The highest BCUT2D eigenvalue weighted by atomic mass is 32.2. The van der Waals surface area contributed by atoms with Gasteiger partial charge in [0.15, 0.2) is 5.01 Å². The predicted molar refractivity (Wildman–Crippen MR) is 146 cm³/mol. The lowest BCUT2D eigenvalue weighted by Gasteiger charge is -2.34. The van der Waals surface area contributed by atoms with Crippen molar-refractivity contribution in [1.29, 1.82) is 0 Å². The third kappa shape index (κ3) is 6.87. The lowest BCUT2D eigenvalue weighted by molar-refractivity contribution is -0.000819. The molecule has 2 fully saturated rings. The van der Waals surface area contributed by atoms with Crippen LogP contribution in [0.2, 0.25) is 0 Å². The van der Waals surface area contributed by atoms with E-state index in [1.54, 1.807) is 30.7 Å². The summed E-state index contributed by atoms with van der Waals surface area (Å²) in [6.07, 6.45) is 8.11. The topological polar surface area (TPSA) is 149 Å². The van der Waals surface area contributed by atoms with Gasteiger partial charge >= 0.3 is 0 Å². The monoisotopic (exact) mass is 573 g/mol. The maximum absolute atomic E-state index is 13.4. The lowest BCUT2D eigenvalue weighted by atomic mass is 10.0. The van der Waals surface area contributed by atoms with E-state index in [0.29, 0.717) is 66.9 Å². The molecule has 3 aromatic heterocycles. The standard InChI is InChI=1S/C25H31N7O5S2/c1-3-37-23-14-26-12-21(29-23)22-13-28-25(38-22)24(33)30-20(11-17-15-36-9-8-32(17)2)19-10-16(6-7-27-19)31-39(34,35)18-4-5-18/h6-7,10,12-14,17-18,20H,3-5,8-9,11,15H2,1-2H3,(H,27,31)(H,30,33)/t17-,20-/m0/s1. The van der Waals surface area contributed by atoms with Crippen molar-refractivity contribution in [2.24, 2.45) is 0 Å². The number of pyridine rings is 1. The minimum absolute atomic E-state index is 0.0427. The molecule has 14 heteroatoms. The van der Waals surface area contributed by atoms with Crippen LogP contribution in [0.1, 0.15) is 47.7 Å². The van der Waals surface area contributed by atoms with Gasteiger partial charge in [0, 0.05) is 25.0 Å². The molecule has 4 heterocycles. The number of amides is 1. The highest BCUT2D eigenvalue weighted by molar-refractivity contribution is 7.93. The number of ether oxygens (including phenoxy) is 2. The van der Waals surface area contributed by atoms with Crippen LogP contribution in [0.3, 0.4) is 0 Å². The first-order valence-corrected chi connectivity index (χ1v) is 15.2. The fourth-order valence-corrected chi connectivity index (χ4v) is 6.39. The third-order valence-electron chi connectivity index (χ3n) is 6.55. The number of nitrogens with zero attached hydrogens (tertiary/aromatic N) is 5.